The number of nitrogens with two attached hydrogens (primary N) is 1. The summed E-state index contributed by atoms with van der Waals surface area (Å²) in [5, 5.41) is 10.5. The molecule has 0 spiro atoms. The van der Waals surface area contributed by atoms with Crippen LogP contribution in [0, 0.1) is 5.82 Å². The van der Waals surface area contributed by atoms with Crippen LogP contribution >= 0.6 is 15.9 Å². The fraction of sp³-hybridized carbons (Fsp3) is 0.250. The van der Waals surface area contributed by atoms with Crippen molar-refractivity contribution < 1.29 is 14.2 Å². The van der Waals surface area contributed by atoms with Crippen LogP contribution in [0.25, 0.3) is 0 Å². The van der Waals surface area contributed by atoms with E-state index in [1.807, 2.05) is 24.3 Å². The Kier molecular flexibility index (Phi) is 5.33. The summed E-state index contributed by atoms with van der Waals surface area (Å²) >= 11 is 3.46. The van der Waals surface area contributed by atoms with Crippen molar-refractivity contribution in [3.63, 3.8) is 0 Å². The van der Waals surface area contributed by atoms with Gasteiger partial charge in [0.05, 0.1) is 13.2 Å². The number of ether oxygens (including phenoxy) is 1. The molecule has 0 aliphatic rings. The number of rotatable bonds is 5. The van der Waals surface area contributed by atoms with Crippen LogP contribution in [0.2, 0.25) is 0 Å². The van der Waals surface area contributed by atoms with Gasteiger partial charge < -0.3 is 15.6 Å². The Morgan fingerprint density at radius 3 is 2.57 bits per heavy atom. The Morgan fingerprint density at radius 2 is 2.00 bits per heavy atom. The summed E-state index contributed by atoms with van der Waals surface area (Å²) in [6, 6.07) is 12.0. The summed E-state index contributed by atoms with van der Waals surface area (Å²) < 4.78 is 19.5. The quantitative estimate of drug-likeness (QED) is 0.866. The Balaban J connectivity index is 2.34. The molecule has 0 radical (unpaired) electrons. The lowest BCUT2D eigenvalue weighted by Gasteiger charge is -2.23. The van der Waals surface area contributed by atoms with Crippen LogP contribution in [0.15, 0.2) is 46.9 Å². The molecule has 2 atom stereocenters. The highest BCUT2D eigenvalue weighted by atomic mass is 79.9. The van der Waals surface area contributed by atoms with E-state index in [1.165, 1.54) is 19.2 Å². The lowest BCUT2D eigenvalue weighted by Crippen LogP contribution is -2.20. The van der Waals surface area contributed by atoms with Gasteiger partial charge in [0.15, 0.2) is 11.6 Å². The predicted molar refractivity (Wildman–Crippen MR) is 83.8 cm³/mol. The minimum absolute atomic E-state index is 0.149. The average molecular weight is 354 g/mol. The maximum atomic E-state index is 13.8. The zero-order valence-corrected chi connectivity index (χ0v) is 13.2. The van der Waals surface area contributed by atoms with E-state index in [2.05, 4.69) is 15.9 Å². The molecule has 0 heterocycles. The summed E-state index contributed by atoms with van der Waals surface area (Å²) in [4.78, 5) is 0. The molecular formula is C16H17BrFNO2. The van der Waals surface area contributed by atoms with Gasteiger partial charge in [-0.05, 0) is 29.3 Å². The molecule has 2 aromatic rings. The number of aliphatic hydroxyl groups is 1. The van der Waals surface area contributed by atoms with Gasteiger partial charge in [-0.15, -0.1) is 0 Å². The molecule has 21 heavy (non-hydrogen) atoms. The zero-order chi connectivity index (χ0) is 15.4. The second-order valence-electron chi connectivity index (χ2n) is 4.70. The monoisotopic (exact) mass is 353 g/mol. The first-order valence-electron chi connectivity index (χ1n) is 6.54. The van der Waals surface area contributed by atoms with Gasteiger partial charge >= 0.3 is 0 Å². The molecule has 0 bridgehead atoms. The van der Waals surface area contributed by atoms with E-state index in [0.29, 0.717) is 5.56 Å². The molecule has 0 aliphatic heterocycles. The first-order chi connectivity index (χ1) is 10.1. The highest BCUT2D eigenvalue weighted by Gasteiger charge is 2.24. The van der Waals surface area contributed by atoms with Gasteiger partial charge in [-0.3, -0.25) is 0 Å². The SMILES string of the molecule is COc1ccc(C(O)C(CN)c2ccccc2Br)cc1F. The fourth-order valence-electron chi connectivity index (χ4n) is 2.30. The highest BCUT2D eigenvalue weighted by Crippen LogP contribution is 2.35. The van der Waals surface area contributed by atoms with Crippen LogP contribution in [-0.4, -0.2) is 18.8 Å². The van der Waals surface area contributed by atoms with Crippen molar-refractivity contribution in [1.82, 2.24) is 0 Å². The molecule has 0 fully saturated rings. The summed E-state index contributed by atoms with van der Waals surface area (Å²) in [6.07, 6.45) is -0.894. The van der Waals surface area contributed by atoms with E-state index in [9.17, 15) is 9.50 Å². The number of halogens is 2. The molecule has 0 saturated carbocycles. The van der Waals surface area contributed by atoms with Gasteiger partial charge in [0.1, 0.15) is 0 Å². The predicted octanol–water partition coefficient (Wildman–Crippen LogP) is 3.37. The average Bonchev–Trinajstić information content (AvgIpc) is 2.49. The minimum Gasteiger partial charge on any atom is -0.494 e. The van der Waals surface area contributed by atoms with Crippen molar-refractivity contribution in [1.29, 1.82) is 0 Å². The Hall–Kier alpha value is -1.43. The van der Waals surface area contributed by atoms with Gasteiger partial charge in [0.25, 0.3) is 0 Å². The summed E-state index contributed by atoms with van der Waals surface area (Å²) in [6.45, 7) is 0.247. The van der Waals surface area contributed by atoms with Crippen molar-refractivity contribution in [3.05, 3.63) is 63.9 Å². The van der Waals surface area contributed by atoms with E-state index >= 15 is 0 Å². The van der Waals surface area contributed by atoms with Crippen molar-refractivity contribution in [2.24, 2.45) is 5.73 Å². The third-order valence-corrected chi connectivity index (χ3v) is 4.18. The third kappa shape index (κ3) is 3.43. The molecule has 5 heteroatoms. The lowest BCUT2D eigenvalue weighted by molar-refractivity contribution is 0.146. The maximum absolute atomic E-state index is 13.8. The summed E-state index contributed by atoms with van der Waals surface area (Å²) in [5.41, 5.74) is 7.17. The third-order valence-electron chi connectivity index (χ3n) is 3.46. The van der Waals surface area contributed by atoms with E-state index in [1.54, 1.807) is 6.07 Å². The molecule has 0 aromatic heterocycles. The number of hydrogen-bond acceptors (Lipinski definition) is 3. The molecule has 0 amide bonds. The second kappa shape index (κ2) is 7.02. The van der Waals surface area contributed by atoms with Gasteiger partial charge in [0.2, 0.25) is 0 Å². The van der Waals surface area contributed by atoms with Crippen molar-refractivity contribution in [3.8, 4) is 5.75 Å². The van der Waals surface area contributed by atoms with Crippen LogP contribution in [0.3, 0.4) is 0 Å². The molecule has 3 nitrogen and oxygen atoms in total. The number of methoxy groups -OCH3 is 1. The highest BCUT2D eigenvalue weighted by molar-refractivity contribution is 9.10. The fourth-order valence-corrected chi connectivity index (χ4v) is 2.88. The van der Waals surface area contributed by atoms with Gasteiger partial charge in [0, 0.05) is 16.9 Å². The summed E-state index contributed by atoms with van der Waals surface area (Å²) in [5.74, 6) is -0.679. The largest absolute Gasteiger partial charge is 0.494 e. The molecular weight excluding hydrogens is 337 g/mol. The van der Waals surface area contributed by atoms with E-state index in [0.717, 1.165) is 10.0 Å². The maximum Gasteiger partial charge on any atom is 0.165 e. The molecule has 2 rings (SSSR count). The van der Waals surface area contributed by atoms with Crippen molar-refractivity contribution in [2.75, 3.05) is 13.7 Å². The van der Waals surface area contributed by atoms with E-state index < -0.39 is 11.9 Å². The molecule has 2 unspecified atom stereocenters. The van der Waals surface area contributed by atoms with Crippen molar-refractivity contribution >= 4 is 15.9 Å². The van der Waals surface area contributed by atoms with Crippen LogP contribution in [0.1, 0.15) is 23.1 Å². The van der Waals surface area contributed by atoms with Crippen molar-refractivity contribution in [2.45, 2.75) is 12.0 Å². The van der Waals surface area contributed by atoms with E-state index in [4.69, 9.17) is 10.5 Å². The summed E-state index contributed by atoms with van der Waals surface area (Å²) in [7, 11) is 1.40. The lowest BCUT2D eigenvalue weighted by atomic mass is 9.89. The Morgan fingerprint density at radius 1 is 1.29 bits per heavy atom. The van der Waals surface area contributed by atoms with Gasteiger partial charge in [-0.25, -0.2) is 4.39 Å². The number of benzene rings is 2. The molecule has 0 saturated heterocycles. The zero-order valence-electron chi connectivity index (χ0n) is 11.6. The molecule has 0 aliphatic carbocycles. The minimum atomic E-state index is -0.894. The Labute approximate surface area is 131 Å². The second-order valence-corrected chi connectivity index (χ2v) is 5.56. The number of aliphatic hydroxyl groups excluding tert-OH is 1. The first kappa shape index (κ1) is 15.9. The van der Waals surface area contributed by atoms with Crippen LogP contribution < -0.4 is 10.5 Å². The van der Waals surface area contributed by atoms with Gasteiger partial charge in [-0.1, -0.05) is 40.2 Å². The normalized spacial score (nSPS) is 13.8. The standard InChI is InChI=1S/C16H17BrFNO2/c1-21-15-7-6-10(8-14(15)18)16(20)12(9-19)11-4-2-3-5-13(11)17/h2-8,12,16,20H,9,19H2,1H3. The molecule has 112 valence electrons. The Bertz CT molecular complexity index is 621. The van der Waals surface area contributed by atoms with Crippen LogP contribution in [0.4, 0.5) is 4.39 Å². The van der Waals surface area contributed by atoms with Crippen LogP contribution in [-0.2, 0) is 0 Å². The first-order valence-corrected chi connectivity index (χ1v) is 7.33. The van der Waals surface area contributed by atoms with Crippen LogP contribution in [0.5, 0.6) is 5.75 Å². The number of hydrogen-bond donors (Lipinski definition) is 2. The van der Waals surface area contributed by atoms with Gasteiger partial charge in [-0.2, -0.15) is 0 Å². The smallest absolute Gasteiger partial charge is 0.165 e. The topological polar surface area (TPSA) is 55.5 Å². The molecule has 2 aromatic carbocycles. The molecule has 3 N–H and O–H groups in total. The van der Waals surface area contributed by atoms with E-state index in [-0.39, 0.29) is 18.2 Å².